The number of aryl methyl sites for hydroxylation is 3. The third kappa shape index (κ3) is 4.34. The van der Waals surface area contributed by atoms with Gasteiger partial charge in [0.25, 0.3) is 11.7 Å². The first-order valence-corrected chi connectivity index (χ1v) is 11.1. The molecular formula is C28H24F3NO4. The maximum Gasteiger partial charge on any atom is 0.416 e. The van der Waals surface area contributed by atoms with Crippen LogP contribution < -0.4 is 9.64 Å². The van der Waals surface area contributed by atoms with Crippen molar-refractivity contribution in [2.45, 2.75) is 33.0 Å². The number of aliphatic hydroxyl groups is 1. The molecule has 0 bridgehead atoms. The Balaban J connectivity index is 1.94. The van der Waals surface area contributed by atoms with Crippen molar-refractivity contribution in [3.05, 3.63) is 99.6 Å². The van der Waals surface area contributed by atoms with Gasteiger partial charge in [0.15, 0.2) is 0 Å². The van der Waals surface area contributed by atoms with Crippen LogP contribution >= 0.6 is 0 Å². The van der Waals surface area contributed by atoms with Crippen molar-refractivity contribution in [2.75, 3.05) is 12.0 Å². The van der Waals surface area contributed by atoms with E-state index in [9.17, 15) is 27.9 Å². The number of rotatable bonds is 4. The van der Waals surface area contributed by atoms with Crippen LogP contribution in [0.3, 0.4) is 0 Å². The average Bonchev–Trinajstić information content (AvgIpc) is 3.09. The smallest absolute Gasteiger partial charge is 0.416 e. The maximum atomic E-state index is 13.3. The second kappa shape index (κ2) is 9.18. The molecule has 1 N–H and O–H groups in total. The lowest BCUT2D eigenvalue weighted by Crippen LogP contribution is -2.29. The Morgan fingerprint density at radius 3 is 2.19 bits per heavy atom. The largest absolute Gasteiger partial charge is 0.507 e. The predicted molar refractivity (Wildman–Crippen MR) is 130 cm³/mol. The zero-order valence-electron chi connectivity index (χ0n) is 20.1. The Kier molecular flexibility index (Phi) is 6.39. The van der Waals surface area contributed by atoms with E-state index in [0.717, 1.165) is 34.7 Å². The van der Waals surface area contributed by atoms with Crippen LogP contribution in [0.1, 0.15) is 39.4 Å². The van der Waals surface area contributed by atoms with Crippen molar-refractivity contribution in [1.29, 1.82) is 0 Å². The molecule has 1 atom stereocenters. The quantitative estimate of drug-likeness (QED) is 0.263. The molecule has 0 spiro atoms. The molecule has 186 valence electrons. The van der Waals surface area contributed by atoms with Gasteiger partial charge in [-0.15, -0.1) is 0 Å². The van der Waals surface area contributed by atoms with Crippen LogP contribution in [0.2, 0.25) is 0 Å². The summed E-state index contributed by atoms with van der Waals surface area (Å²) in [6, 6.07) is 13.4. The summed E-state index contributed by atoms with van der Waals surface area (Å²) in [5.74, 6) is -1.63. The molecule has 1 saturated heterocycles. The lowest BCUT2D eigenvalue weighted by atomic mass is 9.92. The van der Waals surface area contributed by atoms with Gasteiger partial charge in [-0.2, -0.15) is 13.2 Å². The molecule has 1 aliphatic rings. The van der Waals surface area contributed by atoms with Crippen molar-refractivity contribution >= 4 is 23.1 Å². The second-order valence-corrected chi connectivity index (χ2v) is 8.76. The summed E-state index contributed by atoms with van der Waals surface area (Å²) < 4.78 is 44.7. The number of nitrogens with zero attached hydrogens (tertiary/aromatic N) is 1. The predicted octanol–water partition coefficient (Wildman–Crippen LogP) is 6.27. The number of anilines is 1. The fourth-order valence-electron chi connectivity index (χ4n) is 4.48. The highest BCUT2D eigenvalue weighted by molar-refractivity contribution is 6.51. The first-order chi connectivity index (χ1) is 16.9. The molecule has 3 aromatic rings. The topological polar surface area (TPSA) is 66.8 Å². The number of aliphatic hydroxyl groups excluding tert-OH is 1. The molecule has 5 nitrogen and oxygen atoms in total. The summed E-state index contributed by atoms with van der Waals surface area (Å²) in [5.41, 5.74) is 2.18. The van der Waals surface area contributed by atoms with Gasteiger partial charge in [0.1, 0.15) is 11.5 Å². The molecule has 1 fully saturated rings. The van der Waals surface area contributed by atoms with Crippen molar-refractivity contribution in [3.63, 3.8) is 0 Å². The zero-order valence-corrected chi connectivity index (χ0v) is 20.1. The molecule has 8 heteroatoms. The summed E-state index contributed by atoms with van der Waals surface area (Å²) in [7, 11) is 1.52. The number of hydrogen-bond acceptors (Lipinski definition) is 4. The van der Waals surface area contributed by atoms with E-state index < -0.39 is 29.5 Å². The van der Waals surface area contributed by atoms with Gasteiger partial charge in [-0.05, 0) is 73.9 Å². The number of benzene rings is 3. The number of methoxy groups -OCH3 is 1. The number of ether oxygens (including phenoxy) is 1. The van der Waals surface area contributed by atoms with E-state index in [-0.39, 0.29) is 17.0 Å². The molecule has 0 radical (unpaired) electrons. The van der Waals surface area contributed by atoms with Crippen LogP contribution in [-0.2, 0) is 15.8 Å². The Morgan fingerprint density at radius 1 is 0.944 bits per heavy atom. The van der Waals surface area contributed by atoms with Crippen molar-refractivity contribution in [1.82, 2.24) is 0 Å². The van der Waals surface area contributed by atoms with E-state index in [0.29, 0.717) is 28.0 Å². The Labute approximate surface area is 206 Å². The zero-order chi connectivity index (χ0) is 26.4. The normalized spacial score (nSPS) is 17.5. The summed E-state index contributed by atoms with van der Waals surface area (Å²) in [4.78, 5) is 27.7. The number of alkyl halides is 3. The van der Waals surface area contributed by atoms with Crippen LogP contribution in [0.25, 0.3) is 5.76 Å². The van der Waals surface area contributed by atoms with Gasteiger partial charge in [0.2, 0.25) is 0 Å². The van der Waals surface area contributed by atoms with Crippen molar-refractivity contribution in [3.8, 4) is 5.75 Å². The van der Waals surface area contributed by atoms with E-state index in [1.807, 2.05) is 13.0 Å². The highest BCUT2D eigenvalue weighted by Gasteiger charge is 2.47. The van der Waals surface area contributed by atoms with E-state index in [1.165, 1.54) is 7.11 Å². The van der Waals surface area contributed by atoms with Crippen LogP contribution in [-0.4, -0.2) is 23.9 Å². The Morgan fingerprint density at radius 2 is 1.61 bits per heavy atom. The molecule has 4 rings (SSSR count). The number of Topliss-reactive ketones (excluding diaryl/α,β-unsaturated/α-hetero) is 1. The number of halogens is 3. The number of hydrogen-bond donors (Lipinski definition) is 1. The van der Waals surface area contributed by atoms with E-state index in [2.05, 4.69) is 0 Å². The number of carbonyl (C=O) groups excluding carboxylic acids is 2. The molecule has 36 heavy (non-hydrogen) atoms. The second-order valence-electron chi connectivity index (χ2n) is 8.76. The SMILES string of the molecule is COc1cc(C)c(/C(O)=C2\C(=O)C(=O)N(c3ccc(C(F)(F)F)cc3)C2c2cccc(C)c2)cc1C. The van der Waals surface area contributed by atoms with Gasteiger partial charge >= 0.3 is 6.18 Å². The van der Waals surface area contributed by atoms with Gasteiger partial charge < -0.3 is 9.84 Å². The van der Waals surface area contributed by atoms with Crippen molar-refractivity contribution in [2.24, 2.45) is 0 Å². The van der Waals surface area contributed by atoms with Crippen LogP contribution in [0, 0.1) is 20.8 Å². The third-order valence-electron chi connectivity index (χ3n) is 6.27. The Bertz CT molecular complexity index is 1390. The molecule has 1 aliphatic heterocycles. The lowest BCUT2D eigenvalue weighted by molar-refractivity contribution is -0.137. The standard InChI is InChI=1S/C28H24F3NO4/c1-15-6-5-7-18(12-15)24-23(25(33)21-13-17(3)22(36-4)14-16(21)2)26(34)27(35)32(24)20-10-8-19(9-11-20)28(29,30)31/h5-14,24,33H,1-4H3/b25-23+. The van der Waals surface area contributed by atoms with Gasteiger partial charge in [0.05, 0.1) is 24.3 Å². The van der Waals surface area contributed by atoms with Crippen LogP contribution in [0.15, 0.2) is 66.2 Å². The maximum absolute atomic E-state index is 13.3. The minimum absolute atomic E-state index is 0.110. The molecule has 0 saturated carbocycles. The minimum atomic E-state index is -4.55. The number of ketones is 1. The highest BCUT2D eigenvalue weighted by Crippen LogP contribution is 2.43. The summed E-state index contributed by atoms with van der Waals surface area (Å²) >= 11 is 0. The molecule has 1 amide bonds. The number of amides is 1. The molecule has 0 aromatic heterocycles. The van der Waals surface area contributed by atoms with Gasteiger partial charge in [0, 0.05) is 11.3 Å². The summed E-state index contributed by atoms with van der Waals surface area (Å²) in [6.45, 7) is 5.36. The minimum Gasteiger partial charge on any atom is -0.507 e. The highest BCUT2D eigenvalue weighted by atomic mass is 19.4. The first-order valence-electron chi connectivity index (χ1n) is 11.1. The van der Waals surface area contributed by atoms with Gasteiger partial charge in [-0.3, -0.25) is 14.5 Å². The summed E-state index contributed by atoms with van der Waals surface area (Å²) in [5, 5.41) is 11.4. The average molecular weight is 495 g/mol. The fraction of sp³-hybridized carbons (Fsp3) is 0.214. The van der Waals surface area contributed by atoms with E-state index >= 15 is 0 Å². The van der Waals surface area contributed by atoms with E-state index in [4.69, 9.17) is 4.74 Å². The monoisotopic (exact) mass is 495 g/mol. The van der Waals surface area contributed by atoms with Gasteiger partial charge in [-0.25, -0.2) is 0 Å². The van der Waals surface area contributed by atoms with Crippen LogP contribution in [0.4, 0.5) is 18.9 Å². The molecular weight excluding hydrogens is 471 g/mol. The third-order valence-corrected chi connectivity index (χ3v) is 6.27. The fourth-order valence-corrected chi connectivity index (χ4v) is 4.48. The lowest BCUT2D eigenvalue weighted by Gasteiger charge is -2.26. The molecule has 1 heterocycles. The first kappa shape index (κ1) is 25.0. The Hall–Kier alpha value is -4.07. The van der Waals surface area contributed by atoms with Gasteiger partial charge in [-0.1, -0.05) is 29.8 Å². The molecule has 3 aromatic carbocycles. The van der Waals surface area contributed by atoms with E-state index in [1.54, 1.807) is 44.2 Å². The number of carbonyl (C=O) groups is 2. The molecule has 1 unspecified atom stereocenters. The molecule has 0 aliphatic carbocycles. The van der Waals surface area contributed by atoms with Crippen LogP contribution in [0.5, 0.6) is 5.75 Å². The van der Waals surface area contributed by atoms with Crippen molar-refractivity contribution < 1.29 is 32.6 Å². The summed E-state index contributed by atoms with van der Waals surface area (Å²) in [6.07, 6.45) is -4.55.